The first-order chi connectivity index (χ1) is 25.8. The lowest BCUT2D eigenvalue weighted by Gasteiger charge is -2.28. The van der Waals surface area contributed by atoms with Crippen LogP contribution in [0.2, 0.25) is 0 Å². The Morgan fingerprint density at radius 3 is 1.65 bits per heavy atom. The second-order valence-electron chi connectivity index (χ2n) is 13.3. The van der Waals surface area contributed by atoms with E-state index in [4.69, 9.17) is 0 Å². The standard InChI is InChI=1S/C48H30N2S2/c1-2-13-31(14-3-1)34-29-30-42(47-38-18-7-11-23-44(38)52-48(34)47)50(41-21-12-24-45-46(41)37-17-6-10-22-43(37)51-45)33-27-25-32(26-28-33)49-39-19-8-4-15-35(39)36-16-5-9-20-40(36)49/h1-30H. The van der Waals surface area contributed by atoms with Crippen LogP contribution in [0.1, 0.15) is 0 Å². The van der Waals surface area contributed by atoms with Crippen LogP contribution < -0.4 is 4.90 Å². The SMILES string of the molecule is c1ccc(-c2ccc(N(c3ccc(-n4c5ccccc5c5ccccc54)cc3)c3cccc4sc5ccccc5c34)c3c2sc2ccccc23)cc1. The summed E-state index contributed by atoms with van der Waals surface area (Å²) >= 11 is 3.75. The fourth-order valence-corrected chi connectivity index (χ4v) is 10.5. The number of rotatable bonds is 5. The number of hydrogen-bond donors (Lipinski definition) is 0. The molecule has 3 aromatic heterocycles. The van der Waals surface area contributed by atoms with Crippen LogP contribution in [0, 0.1) is 0 Å². The zero-order valence-corrected chi connectivity index (χ0v) is 29.7. The van der Waals surface area contributed by atoms with Gasteiger partial charge in [0.2, 0.25) is 0 Å². The Morgan fingerprint density at radius 1 is 0.385 bits per heavy atom. The van der Waals surface area contributed by atoms with E-state index in [1.54, 1.807) is 0 Å². The van der Waals surface area contributed by atoms with Crippen LogP contribution in [0.3, 0.4) is 0 Å². The summed E-state index contributed by atoms with van der Waals surface area (Å²) in [6.45, 7) is 0. The minimum Gasteiger partial charge on any atom is -0.309 e. The Morgan fingerprint density at radius 2 is 0.942 bits per heavy atom. The minimum absolute atomic E-state index is 1.12. The average molecular weight is 699 g/mol. The van der Waals surface area contributed by atoms with Gasteiger partial charge in [-0.3, -0.25) is 0 Å². The number of fused-ring (bicyclic) bond motifs is 9. The van der Waals surface area contributed by atoms with Crippen molar-refractivity contribution in [1.82, 2.24) is 4.57 Å². The number of anilines is 3. The highest BCUT2D eigenvalue weighted by atomic mass is 32.1. The third kappa shape index (κ3) is 4.42. The van der Waals surface area contributed by atoms with Gasteiger partial charge in [-0.25, -0.2) is 0 Å². The van der Waals surface area contributed by atoms with Crippen LogP contribution >= 0.6 is 22.7 Å². The largest absolute Gasteiger partial charge is 0.309 e. The van der Waals surface area contributed by atoms with Gasteiger partial charge in [0.15, 0.2) is 0 Å². The van der Waals surface area contributed by atoms with Crippen LogP contribution in [-0.4, -0.2) is 4.57 Å². The number of para-hydroxylation sites is 2. The van der Waals surface area contributed by atoms with Gasteiger partial charge in [0.1, 0.15) is 0 Å². The highest BCUT2D eigenvalue weighted by Gasteiger charge is 2.24. The number of thiophene rings is 2. The van der Waals surface area contributed by atoms with Crippen molar-refractivity contribution in [1.29, 1.82) is 0 Å². The zero-order chi connectivity index (χ0) is 34.2. The molecular weight excluding hydrogens is 669 g/mol. The van der Waals surface area contributed by atoms with Crippen molar-refractivity contribution >= 4 is 102 Å². The van der Waals surface area contributed by atoms with Crippen molar-refractivity contribution in [2.45, 2.75) is 0 Å². The van der Waals surface area contributed by atoms with Gasteiger partial charge in [0.25, 0.3) is 0 Å². The average Bonchev–Trinajstić information content (AvgIpc) is 3.89. The van der Waals surface area contributed by atoms with Crippen LogP contribution in [-0.2, 0) is 0 Å². The minimum atomic E-state index is 1.12. The molecule has 11 rings (SSSR count). The summed E-state index contributed by atoms with van der Waals surface area (Å²) in [5.41, 5.74) is 9.56. The molecule has 8 aromatic carbocycles. The molecule has 0 amide bonds. The molecule has 11 aromatic rings. The normalized spacial score (nSPS) is 11.8. The zero-order valence-electron chi connectivity index (χ0n) is 28.0. The van der Waals surface area contributed by atoms with E-state index in [0.717, 1.165) is 11.4 Å². The molecule has 244 valence electrons. The summed E-state index contributed by atoms with van der Waals surface area (Å²) < 4.78 is 7.59. The predicted octanol–water partition coefficient (Wildman–Crippen LogP) is 14.7. The molecule has 0 unspecified atom stereocenters. The second kappa shape index (κ2) is 11.7. The molecular formula is C48H30N2S2. The van der Waals surface area contributed by atoms with Crippen molar-refractivity contribution in [3.8, 4) is 16.8 Å². The molecule has 0 spiro atoms. The molecule has 0 aliphatic heterocycles. The lowest BCUT2D eigenvalue weighted by molar-refractivity contribution is 1.17. The smallest absolute Gasteiger partial charge is 0.0555 e. The lowest BCUT2D eigenvalue weighted by Crippen LogP contribution is -2.11. The molecule has 52 heavy (non-hydrogen) atoms. The number of nitrogens with zero attached hydrogens (tertiary/aromatic N) is 2. The van der Waals surface area contributed by atoms with Gasteiger partial charge in [0.05, 0.1) is 22.4 Å². The van der Waals surface area contributed by atoms with Gasteiger partial charge in [-0.15, -0.1) is 22.7 Å². The number of hydrogen-bond acceptors (Lipinski definition) is 3. The monoisotopic (exact) mass is 698 g/mol. The first-order valence-corrected chi connectivity index (χ1v) is 19.2. The quantitative estimate of drug-likeness (QED) is 0.174. The molecule has 0 fully saturated rings. The Bertz CT molecular complexity index is 3080. The molecule has 0 aliphatic carbocycles. The summed E-state index contributed by atoms with van der Waals surface area (Å²) in [5, 5.41) is 7.68. The highest BCUT2D eigenvalue weighted by molar-refractivity contribution is 7.26. The van der Waals surface area contributed by atoms with Crippen molar-refractivity contribution < 1.29 is 0 Å². The van der Waals surface area contributed by atoms with E-state index in [1.807, 2.05) is 22.7 Å². The van der Waals surface area contributed by atoms with E-state index in [2.05, 4.69) is 191 Å². The number of aromatic nitrogens is 1. The van der Waals surface area contributed by atoms with Gasteiger partial charge >= 0.3 is 0 Å². The van der Waals surface area contributed by atoms with E-state index in [-0.39, 0.29) is 0 Å². The maximum absolute atomic E-state index is 2.51. The van der Waals surface area contributed by atoms with Crippen LogP contribution in [0.5, 0.6) is 0 Å². The summed E-state index contributed by atoms with van der Waals surface area (Å²) in [5.74, 6) is 0. The fourth-order valence-electron chi connectivity index (χ4n) is 8.14. The van der Waals surface area contributed by atoms with Crippen LogP contribution in [0.15, 0.2) is 182 Å². The third-order valence-electron chi connectivity index (χ3n) is 10.4. The Balaban J connectivity index is 1.20. The molecule has 3 heterocycles. The first kappa shape index (κ1) is 29.5. The van der Waals surface area contributed by atoms with E-state index in [9.17, 15) is 0 Å². The van der Waals surface area contributed by atoms with E-state index < -0.39 is 0 Å². The van der Waals surface area contributed by atoms with Gasteiger partial charge in [-0.1, -0.05) is 115 Å². The van der Waals surface area contributed by atoms with Crippen molar-refractivity contribution in [2.75, 3.05) is 4.90 Å². The highest BCUT2D eigenvalue weighted by Crippen LogP contribution is 2.51. The van der Waals surface area contributed by atoms with E-state index >= 15 is 0 Å². The Hall–Kier alpha value is -6.20. The van der Waals surface area contributed by atoms with Gasteiger partial charge in [0, 0.05) is 62.5 Å². The van der Waals surface area contributed by atoms with Crippen LogP contribution in [0.25, 0.3) is 79.0 Å². The second-order valence-corrected chi connectivity index (χ2v) is 15.4. The molecule has 2 nitrogen and oxygen atoms in total. The molecule has 4 heteroatoms. The third-order valence-corrected chi connectivity index (χ3v) is 12.7. The first-order valence-electron chi connectivity index (χ1n) is 17.6. The molecule has 0 radical (unpaired) electrons. The fraction of sp³-hybridized carbons (Fsp3) is 0. The van der Waals surface area contributed by atoms with E-state index in [1.165, 1.54) is 84.7 Å². The summed E-state index contributed by atoms with van der Waals surface area (Å²) in [7, 11) is 0. The molecule has 0 N–H and O–H groups in total. The molecule has 0 saturated heterocycles. The van der Waals surface area contributed by atoms with Crippen molar-refractivity contribution in [3.05, 3.63) is 182 Å². The van der Waals surface area contributed by atoms with Crippen molar-refractivity contribution in [2.24, 2.45) is 0 Å². The van der Waals surface area contributed by atoms with Crippen LogP contribution in [0.4, 0.5) is 17.1 Å². The summed E-state index contributed by atoms with van der Waals surface area (Å²) in [4.78, 5) is 2.51. The molecule has 0 bridgehead atoms. The van der Waals surface area contributed by atoms with Gasteiger partial charge in [-0.2, -0.15) is 0 Å². The Labute approximate surface area is 308 Å². The number of benzene rings is 8. The van der Waals surface area contributed by atoms with Gasteiger partial charge in [-0.05, 0) is 77.9 Å². The maximum Gasteiger partial charge on any atom is 0.0555 e. The van der Waals surface area contributed by atoms with Crippen molar-refractivity contribution in [3.63, 3.8) is 0 Å². The molecule has 0 saturated carbocycles. The lowest BCUT2D eigenvalue weighted by atomic mass is 9.99. The Kier molecular flexibility index (Phi) is 6.63. The van der Waals surface area contributed by atoms with E-state index in [0.29, 0.717) is 0 Å². The molecule has 0 aliphatic rings. The summed E-state index contributed by atoms with van der Waals surface area (Å²) in [6.07, 6.45) is 0. The molecule has 0 atom stereocenters. The topological polar surface area (TPSA) is 8.17 Å². The summed E-state index contributed by atoms with van der Waals surface area (Å²) in [6, 6.07) is 66.6. The predicted molar refractivity (Wildman–Crippen MR) is 227 cm³/mol. The maximum atomic E-state index is 2.51. The van der Waals surface area contributed by atoms with Gasteiger partial charge < -0.3 is 9.47 Å².